The lowest BCUT2D eigenvalue weighted by molar-refractivity contribution is 0.0729. The van der Waals surface area contributed by atoms with Crippen LogP contribution in [0.15, 0.2) is 47.4 Å². The van der Waals surface area contributed by atoms with Gasteiger partial charge in [-0.3, -0.25) is 4.79 Å². The van der Waals surface area contributed by atoms with E-state index in [9.17, 15) is 13.2 Å². The Kier molecular flexibility index (Phi) is 6.49. The molecule has 10 heteroatoms. The second-order valence-corrected chi connectivity index (χ2v) is 10.1. The summed E-state index contributed by atoms with van der Waals surface area (Å²) < 4.78 is 39.5. The zero-order chi connectivity index (χ0) is 22.0. The smallest absolute Gasteiger partial charge is 0.267 e. The third-order valence-electron chi connectivity index (χ3n) is 4.83. The minimum atomic E-state index is -3.81. The highest BCUT2D eigenvalue weighted by molar-refractivity contribution is 7.89. The second-order valence-electron chi connectivity index (χ2n) is 6.81. The van der Waals surface area contributed by atoms with E-state index < -0.39 is 15.9 Å². The van der Waals surface area contributed by atoms with Gasteiger partial charge in [0.25, 0.3) is 5.91 Å². The topological polar surface area (TPSA) is 84.9 Å². The maximum atomic E-state index is 13.2. The molecule has 164 valence electrons. The molecule has 7 nitrogen and oxygen atoms in total. The van der Waals surface area contributed by atoms with Gasteiger partial charge in [-0.25, -0.2) is 8.42 Å². The summed E-state index contributed by atoms with van der Waals surface area (Å²) in [6.45, 7) is 3.30. The SMILES string of the molecule is CCOc1ccc(NC(=O)c2sc3ccccc3c2Cl)cc1S(=O)(=O)N1CCOCC1. The molecular formula is C21H21ClN2O5S2. The van der Waals surface area contributed by atoms with Crippen molar-refractivity contribution in [3.8, 4) is 5.75 Å². The quantitative estimate of drug-likeness (QED) is 0.570. The number of halogens is 1. The number of carbonyl (C=O) groups excluding carboxylic acids is 1. The minimum absolute atomic E-state index is 0.0106. The molecule has 2 heterocycles. The number of carbonyl (C=O) groups is 1. The summed E-state index contributed by atoms with van der Waals surface area (Å²) in [5, 5.41) is 3.96. The normalized spacial score (nSPS) is 15.2. The van der Waals surface area contributed by atoms with Gasteiger partial charge in [-0.1, -0.05) is 29.8 Å². The predicted molar refractivity (Wildman–Crippen MR) is 122 cm³/mol. The molecule has 1 aromatic heterocycles. The average Bonchev–Trinajstić information content (AvgIpc) is 3.12. The molecule has 0 bridgehead atoms. The molecule has 0 aliphatic carbocycles. The van der Waals surface area contributed by atoms with Gasteiger partial charge in [-0.2, -0.15) is 4.31 Å². The summed E-state index contributed by atoms with van der Waals surface area (Å²) in [6.07, 6.45) is 0. The van der Waals surface area contributed by atoms with E-state index in [0.717, 1.165) is 10.1 Å². The highest BCUT2D eigenvalue weighted by Crippen LogP contribution is 2.36. The number of nitrogens with zero attached hydrogens (tertiary/aromatic N) is 1. The van der Waals surface area contributed by atoms with Gasteiger partial charge in [0.1, 0.15) is 15.5 Å². The third-order valence-corrected chi connectivity index (χ3v) is 8.42. The summed E-state index contributed by atoms with van der Waals surface area (Å²) in [7, 11) is -3.81. The van der Waals surface area contributed by atoms with Crippen LogP contribution in [0.4, 0.5) is 5.69 Å². The Morgan fingerprint density at radius 3 is 2.68 bits per heavy atom. The number of fused-ring (bicyclic) bond motifs is 1. The number of anilines is 1. The van der Waals surface area contributed by atoms with Crippen molar-refractivity contribution in [2.45, 2.75) is 11.8 Å². The maximum Gasteiger partial charge on any atom is 0.267 e. The Morgan fingerprint density at radius 2 is 1.97 bits per heavy atom. The van der Waals surface area contributed by atoms with E-state index in [2.05, 4.69) is 5.32 Å². The van der Waals surface area contributed by atoms with Crippen LogP contribution in [0.25, 0.3) is 10.1 Å². The van der Waals surface area contributed by atoms with Crippen LogP contribution >= 0.6 is 22.9 Å². The second kappa shape index (κ2) is 9.13. The molecule has 1 amide bonds. The van der Waals surface area contributed by atoms with Gasteiger partial charge in [0.15, 0.2) is 0 Å². The molecule has 0 radical (unpaired) electrons. The van der Waals surface area contributed by atoms with E-state index in [4.69, 9.17) is 21.1 Å². The number of thiophene rings is 1. The average molecular weight is 481 g/mol. The number of morpholine rings is 1. The number of rotatable bonds is 6. The van der Waals surface area contributed by atoms with Crippen LogP contribution in [0.5, 0.6) is 5.75 Å². The number of ether oxygens (including phenoxy) is 2. The molecule has 0 atom stereocenters. The monoisotopic (exact) mass is 480 g/mol. The van der Waals surface area contributed by atoms with E-state index >= 15 is 0 Å². The summed E-state index contributed by atoms with van der Waals surface area (Å²) in [5.41, 5.74) is 0.341. The largest absolute Gasteiger partial charge is 0.492 e. The van der Waals surface area contributed by atoms with Crippen LogP contribution in [-0.4, -0.2) is 51.5 Å². The Balaban J connectivity index is 1.66. The lowest BCUT2D eigenvalue weighted by atomic mass is 10.2. The molecule has 3 aromatic rings. The fourth-order valence-corrected chi connectivity index (χ4v) is 6.31. The van der Waals surface area contributed by atoms with Crippen LogP contribution in [0.2, 0.25) is 5.02 Å². The molecule has 1 fully saturated rings. The highest BCUT2D eigenvalue weighted by atomic mass is 35.5. The number of sulfonamides is 1. The van der Waals surface area contributed by atoms with Gasteiger partial charge in [-0.05, 0) is 31.2 Å². The van der Waals surface area contributed by atoms with Crippen molar-refractivity contribution in [2.75, 3.05) is 38.2 Å². The van der Waals surface area contributed by atoms with Crippen molar-refractivity contribution in [1.29, 1.82) is 0 Å². The predicted octanol–water partition coefficient (Wildman–Crippen LogP) is 4.23. The standard InChI is InChI=1S/C21H21ClN2O5S2/c1-2-29-16-8-7-14(13-18(16)31(26,27)24-9-11-28-12-10-24)23-21(25)20-19(22)15-5-3-4-6-17(15)30-20/h3-8,13H,2,9-12H2,1H3,(H,23,25). The van der Waals surface area contributed by atoms with E-state index in [0.29, 0.717) is 35.4 Å². The van der Waals surface area contributed by atoms with E-state index in [1.807, 2.05) is 24.3 Å². The van der Waals surface area contributed by atoms with Crippen LogP contribution < -0.4 is 10.1 Å². The first-order valence-electron chi connectivity index (χ1n) is 9.75. The van der Waals surface area contributed by atoms with Crippen LogP contribution in [0.3, 0.4) is 0 Å². The van der Waals surface area contributed by atoms with Crippen molar-refractivity contribution >= 4 is 54.6 Å². The maximum absolute atomic E-state index is 13.2. The zero-order valence-corrected chi connectivity index (χ0v) is 19.1. The van der Waals surface area contributed by atoms with Crippen LogP contribution in [0, 0.1) is 0 Å². The fourth-order valence-electron chi connectivity index (χ4n) is 3.34. The molecule has 0 saturated carbocycles. The van der Waals surface area contributed by atoms with Gasteiger partial charge in [0.2, 0.25) is 10.0 Å². The van der Waals surface area contributed by atoms with E-state index in [-0.39, 0.29) is 23.7 Å². The first-order valence-corrected chi connectivity index (χ1v) is 12.4. The van der Waals surface area contributed by atoms with E-state index in [1.165, 1.54) is 21.7 Å². The lowest BCUT2D eigenvalue weighted by Crippen LogP contribution is -2.40. The van der Waals surface area contributed by atoms with Gasteiger partial charge >= 0.3 is 0 Å². The highest BCUT2D eigenvalue weighted by Gasteiger charge is 2.30. The lowest BCUT2D eigenvalue weighted by Gasteiger charge is -2.27. The Labute approximate surface area is 189 Å². The Bertz CT molecular complexity index is 1220. The number of hydrogen-bond acceptors (Lipinski definition) is 6. The first kappa shape index (κ1) is 22.0. The number of nitrogens with one attached hydrogen (secondary N) is 1. The van der Waals surface area contributed by atoms with Gasteiger partial charge in [0.05, 0.1) is 24.8 Å². The van der Waals surface area contributed by atoms with Crippen molar-refractivity contribution in [2.24, 2.45) is 0 Å². The molecule has 1 aliphatic rings. The van der Waals surface area contributed by atoms with Crippen molar-refractivity contribution < 1.29 is 22.7 Å². The van der Waals surface area contributed by atoms with E-state index in [1.54, 1.807) is 19.1 Å². The van der Waals surface area contributed by atoms with Gasteiger partial charge < -0.3 is 14.8 Å². The minimum Gasteiger partial charge on any atom is -0.492 e. The summed E-state index contributed by atoms with van der Waals surface area (Å²) in [6, 6.07) is 12.1. The summed E-state index contributed by atoms with van der Waals surface area (Å²) in [4.78, 5) is 13.3. The van der Waals surface area contributed by atoms with Crippen molar-refractivity contribution in [3.05, 3.63) is 52.4 Å². The number of amides is 1. The molecular weight excluding hydrogens is 460 g/mol. The van der Waals surface area contributed by atoms with Gasteiger partial charge in [-0.15, -0.1) is 11.3 Å². The molecule has 0 unspecified atom stereocenters. The first-order chi connectivity index (χ1) is 14.9. The molecule has 1 aliphatic heterocycles. The Morgan fingerprint density at radius 1 is 1.23 bits per heavy atom. The van der Waals surface area contributed by atoms with Gasteiger partial charge in [0, 0.05) is 28.9 Å². The summed E-state index contributed by atoms with van der Waals surface area (Å²) in [5.74, 6) is -0.156. The number of benzene rings is 2. The van der Waals surface area contributed by atoms with Crippen molar-refractivity contribution in [3.63, 3.8) is 0 Å². The fraction of sp³-hybridized carbons (Fsp3) is 0.286. The van der Waals surface area contributed by atoms with Crippen LogP contribution in [-0.2, 0) is 14.8 Å². The molecule has 0 spiro atoms. The zero-order valence-electron chi connectivity index (χ0n) is 16.8. The third kappa shape index (κ3) is 4.42. The molecule has 2 aromatic carbocycles. The number of hydrogen-bond donors (Lipinski definition) is 1. The molecule has 1 N–H and O–H groups in total. The summed E-state index contributed by atoms with van der Waals surface area (Å²) >= 11 is 7.69. The van der Waals surface area contributed by atoms with Crippen molar-refractivity contribution in [1.82, 2.24) is 4.31 Å². The molecule has 4 rings (SSSR count). The molecule has 31 heavy (non-hydrogen) atoms. The molecule has 1 saturated heterocycles. The Hall–Kier alpha value is -2.17. The van der Waals surface area contributed by atoms with Crippen LogP contribution in [0.1, 0.15) is 16.6 Å².